The molecule has 9 heteroatoms. The van der Waals surface area contributed by atoms with Crippen molar-refractivity contribution in [1.82, 2.24) is 19.9 Å². The first kappa shape index (κ1) is 23.0. The number of nitrogens with two attached hydrogens (primary N) is 1. The van der Waals surface area contributed by atoms with Crippen molar-refractivity contribution < 1.29 is 4.74 Å². The van der Waals surface area contributed by atoms with E-state index < -0.39 is 0 Å². The highest BCUT2D eigenvalue weighted by Crippen LogP contribution is 2.42. The van der Waals surface area contributed by atoms with Crippen molar-refractivity contribution in [3.05, 3.63) is 82.0 Å². The largest absolute Gasteiger partial charge is 0.383 e. The lowest BCUT2D eigenvalue weighted by Gasteiger charge is -2.27. The van der Waals surface area contributed by atoms with Crippen LogP contribution in [0.5, 0.6) is 0 Å². The molecule has 1 aliphatic rings. The van der Waals surface area contributed by atoms with Crippen molar-refractivity contribution in [3.63, 3.8) is 0 Å². The van der Waals surface area contributed by atoms with E-state index in [0.29, 0.717) is 17.9 Å². The molecule has 1 fully saturated rings. The first-order chi connectivity index (χ1) is 17.7. The second-order valence-electron chi connectivity index (χ2n) is 8.57. The van der Waals surface area contributed by atoms with Crippen LogP contribution in [0.2, 0.25) is 0 Å². The highest BCUT2D eigenvalue weighted by atomic mass is 79.9. The molecular weight excluding hydrogens is 536 g/mol. The van der Waals surface area contributed by atoms with Gasteiger partial charge in [0, 0.05) is 51.6 Å². The number of nitrogen functional groups attached to an aromatic ring is 1. The Kier molecular flexibility index (Phi) is 6.35. The molecule has 4 aromatic heterocycles. The molecule has 6 rings (SSSR count). The summed E-state index contributed by atoms with van der Waals surface area (Å²) < 4.78 is 6.51. The predicted molar refractivity (Wildman–Crippen MR) is 148 cm³/mol. The summed E-state index contributed by atoms with van der Waals surface area (Å²) in [5.74, 6) is 1.37. The molecule has 0 spiro atoms. The van der Waals surface area contributed by atoms with E-state index in [0.717, 1.165) is 69.2 Å². The summed E-state index contributed by atoms with van der Waals surface area (Å²) in [7, 11) is 0. The van der Waals surface area contributed by atoms with Gasteiger partial charge in [-0.3, -0.25) is 0 Å². The Balaban J connectivity index is 1.57. The Labute approximate surface area is 221 Å². The van der Waals surface area contributed by atoms with Gasteiger partial charge in [0.05, 0.1) is 24.3 Å². The molecule has 0 amide bonds. The average Bonchev–Trinajstić information content (AvgIpc) is 3.35. The number of ether oxygens (including phenoxy) is 1. The maximum atomic E-state index is 6.43. The number of hydrogen-bond acceptors (Lipinski definition) is 8. The Morgan fingerprint density at radius 2 is 1.86 bits per heavy atom. The molecule has 2 N–H and O–H groups in total. The van der Waals surface area contributed by atoms with E-state index in [-0.39, 0.29) is 0 Å². The number of halogens is 1. The summed E-state index contributed by atoms with van der Waals surface area (Å²) in [6.45, 7) is 3.12. The zero-order valence-electron chi connectivity index (χ0n) is 19.4. The smallest absolute Gasteiger partial charge is 0.165 e. The van der Waals surface area contributed by atoms with Crippen molar-refractivity contribution in [2.75, 3.05) is 36.9 Å². The van der Waals surface area contributed by atoms with Crippen LogP contribution in [-0.2, 0) is 11.2 Å². The van der Waals surface area contributed by atoms with E-state index in [2.05, 4.69) is 78.6 Å². The van der Waals surface area contributed by atoms with Crippen LogP contribution in [0.1, 0.15) is 11.1 Å². The van der Waals surface area contributed by atoms with Gasteiger partial charge in [0.2, 0.25) is 0 Å². The van der Waals surface area contributed by atoms with Crippen LogP contribution >= 0.6 is 27.3 Å². The van der Waals surface area contributed by atoms with Crippen LogP contribution in [0.15, 0.2) is 70.9 Å². The Morgan fingerprint density at radius 1 is 1.03 bits per heavy atom. The standard InChI is InChI=1S/C27H23BrN6OS/c28-19-13-21(36-15-19)23-20(12-17-4-2-1-3-5-17)25(33-27-24(23)26(29)31-16-32-27)18-6-7-22(30-14-18)34-8-10-35-11-9-34/h1-7,13-16H,8-12H2,(H2,29,31,32,33). The van der Waals surface area contributed by atoms with E-state index >= 15 is 0 Å². The third-order valence-electron chi connectivity index (χ3n) is 6.31. The van der Waals surface area contributed by atoms with E-state index in [1.165, 1.54) is 11.9 Å². The number of nitrogens with zero attached hydrogens (tertiary/aromatic N) is 5. The molecule has 36 heavy (non-hydrogen) atoms. The summed E-state index contributed by atoms with van der Waals surface area (Å²) in [5, 5.41) is 2.85. The molecule has 5 aromatic rings. The number of morpholine rings is 1. The van der Waals surface area contributed by atoms with Crippen molar-refractivity contribution in [2.45, 2.75) is 6.42 Å². The topological polar surface area (TPSA) is 90.0 Å². The van der Waals surface area contributed by atoms with Gasteiger partial charge in [-0.25, -0.2) is 19.9 Å². The molecule has 0 atom stereocenters. The molecule has 0 aliphatic carbocycles. The number of hydrogen-bond donors (Lipinski definition) is 1. The van der Waals surface area contributed by atoms with Crippen molar-refractivity contribution in [3.8, 4) is 21.7 Å². The highest BCUT2D eigenvalue weighted by molar-refractivity contribution is 9.10. The molecule has 7 nitrogen and oxygen atoms in total. The Hall–Kier alpha value is -3.40. The number of benzene rings is 1. The minimum Gasteiger partial charge on any atom is -0.383 e. The van der Waals surface area contributed by atoms with E-state index in [9.17, 15) is 0 Å². The fourth-order valence-corrected chi connectivity index (χ4v) is 6.10. The zero-order chi connectivity index (χ0) is 24.5. The number of pyridine rings is 2. The second kappa shape index (κ2) is 9.93. The summed E-state index contributed by atoms with van der Waals surface area (Å²) >= 11 is 5.28. The van der Waals surface area contributed by atoms with Gasteiger partial charge < -0.3 is 15.4 Å². The van der Waals surface area contributed by atoms with E-state index in [4.69, 9.17) is 20.4 Å². The maximum Gasteiger partial charge on any atom is 0.165 e. The molecular formula is C27H23BrN6OS. The first-order valence-electron chi connectivity index (χ1n) is 11.7. The fraction of sp³-hybridized carbons (Fsp3) is 0.185. The number of rotatable bonds is 5. The summed E-state index contributed by atoms with van der Waals surface area (Å²) in [5.41, 5.74) is 12.1. The van der Waals surface area contributed by atoms with Crippen LogP contribution in [-0.4, -0.2) is 46.2 Å². The Morgan fingerprint density at radius 3 is 2.58 bits per heavy atom. The van der Waals surface area contributed by atoms with Gasteiger partial charge in [-0.1, -0.05) is 30.3 Å². The summed E-state index contributed by atoms with van der Waals surface area (Å²) in [4.78, 5) is 22.0. The van der Waals surface area contributed by atoms with Gasteiger partial charge in [0.25, 0.3) is 0 Å². The normalized spacial score (nSPS) is 13.9. The predicted octanol–water partition coefficient (Wildman–Crippen LogP) is 5.59. The number of aromatic nitrogens is 4. The van der Waals surface area contributed by atoms with Crippen molar-refractivity contribution in [2.24, 2.45) is 0 Å². The molecule has 0 saturated carbocycles. The van der Waals surface area contributed by atoms with Crippen LogP contribution in [0.25, 0.3) is 32.7 Å². The van der Waals surface area contributed by atoms with Gasteiger partial charge in [-0.15, -0.1) is 11.3 Å². The molecule has 1 saturated heterocycles. The average molecular weight is 559 g/mol. The molecule has 0 unspecified atom stereocenters. The van der Waals surface area contributed by atoms with Crippen molar-refractivity contribution in [1.29, 1.82) is 0 Å². The van der Waals surface area contributed by atoms with Gasteiger partial charge >= 0.3 is 0 Å². The minimum atomic E-state index is 0.425. The highest BCUT2D eigenvalue weighted by Gasteiger charge is 2.23. The fourth-order valence-electron chi connectivity index (χ4n) is 4.59. The SMILES string of the molecule is Nc1ncnc2nc(-c3ccc(N4CCOCC4)nc3)c(Cc3ccccc3)c(-c3cc(Br)cs3)c12. The number of fused-ring (bicyclic) bond motifs is 1. The zero-order valence-corrected chi connectivity index (χ0v) is 21.8. The first-order valence-corrected chi connectivity index (χ1v) is 13.3. The van der Waals surface area contributed by atoms with Gasteiger partial charge in [0.15, 0.2) is 5.65 Å². The second-order valence-corrected chi connectivity index (χ2v) is 10.4. The molecule has 5 heterocycles. The quantitative estimate of drug-likeness (QED) is 0.300. The third-order valence-corrected chi connectivity index (χ3v) is 8.01. The summed E-state index contributed by atoms with van der Waals surface area (Å²) in [6.07, 6.45) is 4.06. The van der Waals surface area contributed by atoms with Gasteiger partial charge in [0.1, 0.15) is 18.0 Å². The van der Waals surface area contributed by atoms with E-state index in [1.807, 2.05) is 12.3 Å². The maximum absolute atomic E-state index is 6.43. The molecule has 0 radical (unpaired) electrons. The number of anilines is 2. The van der Waals surface area contributed by atoms with Crippen LogP contribution in [0.3, 0.4) is 0 Å². The van der Waals surface area contributed by atoms with Crippen LogP contribution < -0.4 is 10.6 Å². The monoisotopic (exact) mass is 558 g/mol. The lowest BCUT2D eigenvalue weighted by Crippen LogP contribution is -2.36. The lowest BCUT2D eigenvalue weighted by molar-refractivity contribution is 0.122. The Bertz CT molecular complexity index is 1520. The third kappa shape index (κ3) is 4.45. The minimum absolute atomic E-state index is 0.425. The summed E-state index contributed by atoms with van der Waals surface area (Å²) in [6, 6.07) is 16.7. The van der Waals surface area contributed by atoms with Crippen LogP contribution in [0, 0.1) is 0 Å². The number of thiophene rings is 1. The molecule has 1 aliphatic heterocycles. The van der Waals surface area contributed by atoms with Gasteiger partial charge in [-0.2, -0.15) is 0 Å². The van der Waals surface area contributed by atoms with Crippen molar-refractivity contribution >= 4 is 49.9 Å². The van der Waals surface area contributed by atoms with Gasteiger partial charge in [-0.05, 0) is 45.3 Å². The van der Waals surface area contributed by atoms with E-state index in [1.54, 1.807) is 11.3 Å². The molecule has 0 bridgehead atoms. The molecule has 180 valence electrons. The lowest BCUT2D eigenvalue weighted by atomic mass is 9.92. The van der Waals surface area contributed by atoms with Crippen LogP contribution in [0.4, 0.5) is 11.6 Å². The molecule has 1 aromatic carbocycles.